The molecule has 0 unspecified atom stereocenters. The van der Waals surface area contributed by atoms with E-state index in [4.69, 9.17) is 9.47 Å². The topological polar surface area (TPSA) is 80.8 Å². The fraction of sp³-hybridized carbons (Fsp3) is 0.318. The van der Waals surface area contributed by atoms with Crippen LogP contribution in [0, 0.1) is 12.8 Å². The third-order valence-electron chi connectivity index (χ3n) is 5.45. The molecule has 0 radical (unpaired) electrons. The standard InChI is InChI=1S/C22H23N3O4S/c1-12-8-9-15-17(10-12)30-22(23-15)24-21(27)14-11-18(26)25(2)19(14)13-6-5-7-16(28-3)20(13)29-4/h5-10,14,19H,11H2,1-4H3,(H,23,24,27)/t14-,19-/m1/s1. The van der Waals surface area contributed by atoms with E-state index < -0.39 is 12.0 Å². The molecule has 30 heavy (non-hydrogen) atoms. The summed E-state index contributed by atoms with van der Waals surface area (Å²) in [4.78, 5) is 31.8. The molecule has 2 heterocycles. The molecule has 8 heteroatoms. The molecule has 1 saturated heterocycles. The normalized spacial score (nSPS) is 18.7. The number of para-hydroxylation sites is 1. The molecule has 1 aromatic heterocycles. The Labute approximate surface area is 178 Å². The number of ether oxygens (including phenoxy) is 2. The third-order valence-corrected chi connectivity index (χ3v) is 6.38. The third kappa shape index (κ3) is 3.47. The number of methoxy groups -OCH3 is 2. The Balaban J connectivity index is 1.66. The highest BCUT2D eigenvalue weighted by Gasteiger charge is 2.44. The Morgan fingerprint density at radius 3 is 2.77 bits per heavy atom. The molecule has 0 bridgehead atoms. The highest BCUT2D eigenvalue weighted by molar-refractivity contribution is 7.22. The molecular weight excluding hydrogens is 402 g/mol. The van der Waals surface area contributed by atoms with Crippen molar-refractivity contribution in [2.75, 3.05) is 26.6 Å². The first-order valence-electron chi connectivity index (χ1n) is 9.57. The molecule has 1 fully saturated rings. The van der Waals surface area contributed by atoms with E-state index in [1.54, 1.807) is 32.2 Å². The number of aryl methyl sites for hydroxylation is 1. The van der Waals surface area contributed by atoms with E-state index in [1.165, 1.54) is 11.3 Å². The number of aromatic nitrogens is 1. The fourth-order valence-corrected chi connectivity index (χ4v) is 4.93. The molecule has 7 nitrogen and oxygen atoms in total. The number of nitrogens with zero attached hydrogens (tertiary/aromatic N) is 2. The summed E-state index contributed by atoms with van der Waals surface area (Å²) in [5.41, 5.74) is 2.72. The molecule has 1 aliphatic heterocycles. The Bertz CT molecular complexity index is 1130. The van der Waals surface area contributed by atoms with Gasteiger partial charge in [0.25, 0.3) is 0 Å². The van der Waals surface area contributed by atoms with Gasteiger partial charge in [-0.3, -0.25) is 9.59 Å². The van der Waals surface area contributed by atoms with Gasteiger partial charge in [-0.15, -0.1) is 0 Å². The second-order valence-electron chi connectivity index (χ2n) is 7.32. The summed E-state index contributed by atoms with van der Waals surface area (Å²) < 4.78 is 12.0. The van der Waals surface area contributed by atoms with Crippen LogP contribution in [-0.4, -0.2) is 43.0 Å². The number of benzene rings is 2. The molecular formula is C22H23N3O4S. The minimum Gasteiger partial charge on any atom is -0.493 e. The van der Waals surface area contributed by atoms with Crippen molar-refractivity contribution in [3.63, 3.8) is 0 Å². The minimum atomic E-state index is -0.572. The number of carbonyl (C=O) groups is 2. The predicted molar refractivity (Wildman–Crippen MR) is 116 cm³/mol. The summed E-state index contributed by atoms with van der Waals surface area (Å²) in [6, 6.07) is 11.0. The number of hydrogen-bond donors (Lipinski definition) is 1. The summed E-state index contributed by atoms with van der Waals surface area (Å²) >= 11 is 1.42. The number of hydrogen-bond acceptors (Lipinski definition) is 6. The van der Waals surface area contributed by atoms with Crippen molar-refractivity contribution in [1.82, 2.24) is 9.88 Å². The van der Waals surface area contributed by atoms with E-state index >= 15 is 0 Å². The van der Waals surface area contributed by atoms with Gasteiger partial charge in [0.1, 0.15) is 0 Å². The summed E-state index contributed by atoms with van der Waals surface area (Å²) in [5, 5.41) is 3.44. The predicted octanol–water partition coefficient (Wildman–Crippen LogP) is 3.78. The fourth-order valence-electron chi connectivity index (χ4n) is 3.96. The number of likely N-dealkylation sites (tertiary alicyclic amines) is 1. The van der Waals surface area contributed by atoms with Crippen molar-refractivity contribution in [3.8, 4) is 11.5 Å². The van der Waals surface area contributed by atoms with Gasteiger partial charge in [-0.2, -0.15) is 0 Å². The monoisotopic (exact) mass is 425 g/mol. The molecule has 2 atom stereocenters. The van der Waals surface area contributed by atoms with Gasteiger partial charge in [-0.25, -0.2) is 4.98 Å². The van der Waals surface area contributed by atoms with Crippen molar-refractivity contribution in [3.05, 3.63) is 47.5 Å². The maximum Gasteiger partial charge on any atom is 0.232 e. The average molecular weight is 426 g/mol. The van der Waals surface area contributed by atoms with Gasteiger partial charge < -0.3 is 19.7 Å². The molecule has 2 aromatic carbocycles. The van der Waals surface area contributed by atoms with Gasteiger partial charge in [0.15, 0.2) is 16.6 Å². The zero-order valence-corrected chi connectivity index (χ0v) is 18.1. The van der Waals surface area contributed by atoms with Gasteiger partial charge in [-0.05, 0) is 30.7 Å². The SMILES string of the molecule is COc1cccc([C@@H]2[C@H](C(=O)Nc3nc4ccc(C)cc4s3)CC(=O)N2C)c1OC. The van der Waals surface area contributed by atoms with Gasteiger partial charge in [0, 0.05) is 19.0 Å². The summed E-state index contributed by atoms with van der Waals surface area (Å²) in [6.07, 6.45) is 0.122. The van der Waals surface area contributed by atoms with Crippen molar-refractivity contribution in [1.29, 1.82) is 0 Å². The number of thiazole rings is 1. The first-order valence-corrected chi connectivity index (χ1v) is 10.4. The molecule has 2 amide bonds. The largest absolute Gasteiger partial charge is 0.493 e. The van der Waals surface area contributed by atoms with E-state index in [0.717, 1.165) is 21.3 Å². The zero-order chi connectivity index (χ0) is 21.4. The molecule has 1 N–H and O–H groups in total. The maximum atomic E-state index is 13.2. The van der Waals surface area contributed by atoms with Crippen LogP contribution in [-0.2, 0) is 9.59 Å². The van der Waals surface area contributed by atoms with Crippen molar-refractivity contribution in [2.45, 2.75) is 19.4 Å². The minimum absolute atomic E-state index is 0.0926. The van der Waals surface area contributed by atoms with Gasteiger partial charge in [0.05, 0.1) is 36.4 Å². The summed E-state index contributed by atoms with van der Waals surface area (Å²) in [5.74, 6) is 0.184. The van der Waals surface area contributed by atoms with Crippen LogP contribution in [0.3, 0.4) is 0 Å². The molecule has 0 spiro atoms. The van der Waals surface area contributed by atoms with E-state index in [2.05, 4.69) is 10.3 Å². The van der Waals surface area contributed by atoms with Gasteiger partial charge in [-0.1, -0.05) is 29.5 Å². The first kappa shape index (κ1) is 20.2. The van der Waals surface area contributed by atoms with Crippen molar-refractivity contribution in [2.24, 2.45) is 5.92 Å². The van der Waals surface area contributed by atoms with Crippen LogP contribution in [0.5, 0.6) is 11.5 Å². The van der Waals surface area contributed by atoms with Gasteiger partial charge in [0.2, 0.25) is 11.8 Å². The maximum absolute atomic E-state index is 13.2. The van der Waals surface area contributed by atoms with Crippen molar-refractivity contribution < 1.29 is 19.1 Å². The quantitative estimate of drug-likeness (QED) is 0.673. The van der Waals surface area contributed by atoms with Crippen LogP contribution < -0.4 is 14.8 Å². The highest BCUT2D eigenvalue weighted by atomic mass is 32.1. The average Bonchev–Trinajstić information content (AvgIpc) is 3.26. The lowest BCUT2D eigenvalue weighted by atomic mass is 9.92. The molecule has 0 aliphatic carbocycles. The van der Waals surface area contributed by atoms with Crippen LogP contribution in [0.25, 0.3) is 10.2 Å². The number of fused-ring (bicyclic) bond motifs is 1. The van der Waals surface area contributed by atoms with Crippen molar-refractivity contribution >= 4 is 38.5 Å². The Hall–Kier alpha value is -3.13. The Morgan fingerprint density at radius 1 is 1.23 bits per heavy atom. The van der Waals surface area contributed by atoms with E-state index in [1.807, 2.05) is 37.3 Å². The second kappa shape index (κ2) is 7.95. The molecule has 1 aliphatic rings. The van der Waals surface area contributed by atoms with E-state index in [9.17, 15) is 9.59 Å². The van der Waals surface area contributed by atoms with Crippen LogP contribution in [0.1, 0.15) is 23.6 Å². The lowest BCUT2D eigenvalue weighted by Gasteiger charge is -2.26. The van der Waals surface area contributed by atoms with Crippen LogP contribution in [0.4, 0.5) is 5.13 Å². The first-order chi connectivity index (χ1) is 14.4. The molecule has 0 saturated carbocycles. The number of anilines is 1. The highest BCUT2D eigenvalue weighted by Crippen LogP contribution is 2.44. The molecule has 156 valence electrons. The van der Waals surface area contributed by atoms with Gasteiger partial charge >= 0.3 is 0 Å². The van der Waals surface area contributed by atoms with Crippen LogP contribution in [0.2, 0.25) is 0 Å². The van der Waals surface area contributed by atoms with E-state index in [-0.39, 0.29) is 18.2 Å². The molecule has 4 rings (SSSR count). The van der Waals surface area contributed by atoms with E-state index in [0.29, 0.717) is 16.6 Å². The summed E-state index contributed by atoms with van der Waals surface area (Å²) in [7, 11) is 4.82. The number of rotatable bonds is 5. The smallest absolute Gasteiger partial charge is 0.232 e. The zero-order valence-electron chi connectivity index (χ0n) is 17.3. The number of nitrogens with one attached hydrogen (secondary N) is 1. The number of carbonyl (C=O) groups excluding carboxylic acids is 2. The lowest BCUT2D eigenvalue weighted by Crippen LogP contribution is -2.30. The lowest BCUT2D eigenvalue weighted by molar-refractivity contribution is -0.128. The van der Waals surface area contributed by atoms with Crippen LogP contribution >= 0.6 is 11.3 Å². The molecule has 3 aromatic rings. The summed E-state index contributed by atoms with van der Waals surface area (Å²) in [6.45, 7) is 2.02. The Kier molecular flexibility index (Phi) is 5.34. The van der Waals surface area contributed by atoms with Crippen LogP contribution in [0.15, 0.2) is 36.4 Å². The number of amides is 2. The Morgan fingerprint density at radius 2 is 2.03 bits per heavy atom. The second-order valence-corrected chi connectivity index (χ2v) is 8.35.